The second-order valence-electron chi connectivity index (χ2n) is 8.74. The second kappa shape index (κ2) is 11.5. The maximum Gasteiger partial charge on any atom is 0.303 e. The molecule has 35 heavy (non-hydrogen) atoms. The fourth-order valence-corrected chi connectivity index (χ4v) is 4.57. The molecule has 0 amide bonds. The Morgan fingerprint density at radius 1 is 1.11 bits per heavy atom. The van der Waals surface area contributed by atoms with Crippen LogP contribution in [0.25, 0.3) is 10.9 Å². The number of carboxylic acids is 1. The van der Waals surface area contributed by atoms with Crippen molar-refractivity contribution in [3.05, 3.63) is 69.3 Å². The van der Waals surface area contributed by atoms with Crippen molar-refractivity contribution in [2.75, 3.05) is 13.2 Å². The number of Topliss-reactive ketones (excluding diaryl/α,β-unsaturated/α-hetero) is 1. The highest BCUT2D eigenvalue weighted by Crippen LogP contribution is 2.32. The van der Waals surface area contributed by atoms with Crippen molar-refractivity contribution in [1.82, 2.24) is 4.57 Å². The van der Waals surface area contributed by atoms with E-state index in [0.29, 0.717) is 28.8 Å². The van der Waals surface area contributed by atoms with Crippen molar-refractivity contribution in [3.8, 4) is 0 Å². The molecule has 0 radical (unpaired) electrons. The number of ketones is 1. The zero-order valence-electron chi connectivity index (χ0n) is 19.5. The quantitative estimate of drug-likeness (QED) is 0.206. The van der Waals surface area contributed by atoms with Gasteiger partial charge >= 0.3 is 5.97 Å². The fourth-order valence-electron chi connectivity index (χ4n) is 4.20. The van der Waals surface area contributed by atoms with Gasteiger partial charge in [-0.2, -0.15) is 8.78 Å². The largest absolute Gasteiger partial charge is 0.481 e. The molecule has 0 saturated heterocycles. The fraction of sp³-hybridized carbons (Fsp3) is 0.385. The molecule has 2 aromatic carbocycles. The van der Waals surface area contributed by atoms with Gasteiger partial charge in [0.15, 0.2) is 5.78 Å². The Morgan fingerprint density at radius 3 is 2.51 bits per heavy atom. The number of hydrogen-bond donors (Lipinski definition) is 1. The molecule has 3 aromatic rings. The van der Waals surface area contributed by atoms with E-state index in [4.69, 9.17) is 33.0 Å². The van der Waals surface area contributed by atoms with Gasteiger partial charge < -0.3 is 14.4 Å². The number of alkyl halides is 2. The molecule has 5 nitrogen and oxygen atoms in total. The Kier molecular flexibility index (Phi) is 8.91. The summed E-state index contributed by atoms with van der Waals surface area (Å²) in [6, 6.07) is 10.8. The predicted molar refractivity (Wildman–Crippen MR) is 133 cm³/mol. The first-order chi connectivity index (χ1) is 16.5. The molecule has 188 valence electrons. The minimum absolute atomic E-state index is 0.0709. The van der Waals surface area contributed by atoms with E-state index >= 15 is 0 Å². The highest BCUT2D eigenvalue weighted by Gasteiger charge is 2.32. The summed E-state index contributed by atoms with van der Waals surface area (Å²) in [5, 5.41) is 10.4. The molecule has 0 aliphatic carbocycles. The highest BCUT2D eigenvalue weighted by atomic mass is 35.5. The van der Waals surface area contributed by atoms with Gasteiger partial charge in [-0.15, -0.1) is 0 Å². The van der Waals surface area contributed by atoms with Crippen LogP contribution in [0.3, 0.4) is 0 Å². The summed E-state index contributed by atoms with van der Waals surface area (Å²) in [4.78, 5) is 24.2. The van der Waals surface area contributed by atoms with Gasteiger partial charge in [0.25, 0.3) is 5.92 Å². The van der Waals surface area contributed by atoms with E-state index < -0.39 is 18.5 Å². The van der Waals surface area contributed by atoms with Gasteiger partial charge in [-0.05, 0) is 49.1 Å². The number of halogens is 4. The molecule has 1 unspecified atom stereocenters. The van der Waals surface area contributed by atoms with Crippen LogP contribution in [0.4, 0.5) is 8.78 Å². The van der Waals surface area contributed by atoms with Crippen molar-refractivity contribution in [3.63, 3.8) is 0 Å². The molecule has 9 heteroatoms. The van der Waals surface area contributed by atoms with E-state index in [9.17, 15) is 18.4 Å². The SMILES string of the molecule is CC(CC(=O)O)CC(=O)c1c(CCCOCC(F)(F)c2cccc(Cl)c2)n(C)c2ccc(Cl)cc12. The van der Waals surface area contributed by atoms with Crippen LogP contribution in [-0.2, 0) is 28.9 Å². The zero-order chi connectivity index (χ0) is 25.8. The molecular weight excluding hydrogens is 499 g/mol. The normalized spacial score (nSPS) is 12.7. The van der Waals surface area contributed by atoms with Crippen molar-refractivity contribution in [2.24, 2.45) is 13.0 Å². The first kappa shape index (κ1) is 27.1. The van der Waals surface area contributed by atoms with E-state index in [2.05, 4.69) is 0 Å². The number of carboxylic acid groups (broad SMARTS) is 1. The van der Waals surface area contributed by atoms with E-state index in [1.807, 2.05) is 17.7 Å². The smallest absolute Gasteiger partial charge is 0.303 e. The Hall–Kier alpha value is -2.48. The number of ether oxygens (including phenoxy) is 1. The number of aromatic nitrogens is 1. The standard InChI is InChI=1S/C26H27Cl2F2NO4/c1-16(12-24(33)34)11-23(32)25-20-14-19(28)8-9-21(20)31(2)22(25)7-4-10-35-15-26(29,30)17-5-3-6-18(27)13-17/h3,5-6,8-9,13-14,16H,4,7,10-12,15H2,1-2H3,(H,33,34). The third kappa shape index (κ3) is 6.81. The molecular formula is C26H27Cl2F2NO4. The van der Waals surface area contributed by atoms with Gasteiger partial charge in [0, 0.05) is 64.3 Å². The summed E-state index contributed by atoms with van der Waals surface area (Å²) < 4.78 is 36.0. The molecule has 0 fully saturated rings. The first-order valence-electron chi connectivity index (χ1n) is 11.2. The predicted octanol–water partition coefficient (Wildman–Crippen LogP) is 6.91. The van der Waals surface area contributed by atoms with E-state index in [0.717, 1.165) is 11.2 Å². The van der Waals surface area contributed by atoms with Crippen LogP contribution in [0.1, 0.15) is 47.8 Å². The van der Waals surface area contributed by atoms with Crippen LogP contribution in [-0.4, -0.2) is 34.6 Å². The van der Waals surface area contributed by atoms with Crippen LogP contribution in [0.5, 0.6) is 0 Å². The summed E-state index contributed by atoms with van der Waals surface area (Å²) in [7, 11) is 1.83. The van der Waals surface area contributed by atoms with E-state index in [1.165, 1.54) is 24.3 Å². The molecule has 1 atom stereocenters. The van der Waals surface area contributed by atoms with Crippen molar-refractivity contribution < 1.29 is 28.2 Å². The zero-order valence-corrected chi connectivity index (χ0v) is 21.0. The van der Waals surface area contributed by atoms with Crippen molar-refractivity contribution in [1.29, 1.82) is 0 Å². The number of benzene rings is 2. The van der Waals surface area contributed by atoms with Gasteiger partial charge in [0.2, 0.25) is 0 Å². The molecule has 3 rings (SSSR count). The number of aliphatic carboxylic acids is 1. The molecule has 0 aliphatic heterocycles. The Balaban J connectivity index is 1.72. The Bertz CT molecular complexity index is 1230. The lowest BCUT2D eigenvalue weighted by Gasteiger charge is -2.17. The summed E-state index contributed by atoms with van der Waals surface area (Å²) in [5.41, 5.74) is 1.83. The Labute approximate surface area is 212 Å². The third-order valence-corrected chi connectivity index (χ3v) is 6.32. The average molecular weight is 526 g/mol. The van der Waals surface area contributed by atoms with Gasteiger partial charge in [-0.25, -0.2) is 0 Å². The maximum atomic E-state index is 14.4. The van der Waals surface area contributed by atoms with Gasteiger partial charge in [-0.1, -0.05) is 42.3 Å². The Morgan fingerprint density at radius 2 is 1.83 bits per heavy atom. The molecule has 0 aliphatic rings. The van der Waals surface area contributed by atoms with Crippen LogP contribution in [0, 0.1) is 5.92 Å². The van der Waals surface area contributed by atoms with Crippen LogP contribution < -0.4 is 0 Å². The van der Waals surface area contributed by atoms with Gasteiger partial charge in [0.05, 0.1) is 0 Å². The number of carbonyl (C=O) groups is 2. The van der Waals surface area contributed by atoms with Crippen molar-refractivity contribution in [2.45, 2.75) is 38.5 Å². The maximum absolute atomic E-state index is 14.4. The van der Waals surface area contributed by atoms with Crippen LogP contribution in [0.2, 0.25) is 10.0 Å². The summed E-state index contributed by atoms with van der Waals surface area (Å²) in [6.07, 6.45) is 0.795. The number of hydrogen-bond acceptors (Lipinski definition) is 3. The van der Waals surface area contributed by atoms with Crippen LogP contribution >= 0.6 is 23.2 Å². The highest BCUT2D eigenvalue weighted by molar-refractivity contribution is 6.31. The van der Waals surface area contributed by atoms with Gasteiger partial charge in [0.1, 0.15) is 6.61 Å². The molecule has 0 saturated carbocycles. The minimum Gasteiger partial charge on any atom is -0.481 e. The number of aryl methyl sites for hydroxylation is 1. The number of fused-ring (bicyclic) bond motifs is 1. The lowest BCUT2D eigenvalue weighted by atomic mass is 9.94. The molecule has 0 spiro atoms. The molecule has 0 bridgehead atoms. The number of carbonyl (C=O) groups excluding carboxylic acids is 1. The van der Waals surface area contributed by atoms with E-state index in [1.54, 1.807) is 19.1 Å². The second-order valence-corrected chi connectivity index (χ2v) is 9.62. The van der Waals surface area contributed by atoms with E-state index in [-0.39, 0.29) is 41.7 Å². The minimum atomic E-state index is -3.18. The first-order valence-corrected chi connectivity index (χ1v) is 12.0. The average Bonchev–Trinajstić information content (AvgIpc) is 3.03. The van der Waals surface area contributed by atoms with Crippen molar-refractivity contribution >= 4 is 45.9 Å². The molecule has 1 N–H and O–H groups in total. The van der Waals surface area contributed by atoms with Gasteiger partial charge in [-0.3, -0.25) is 9.59 Å². The monoisotopic (exact) mass is 525 g/mol. The summed E-state index contributed by atoms with van der Waals surface area (Å²) in [5.74, 6) is -4.64. The molecule has 1 aromatic heterocycles. The molecule has 1 heterocycles. The summed E-state index contributed by atoms with van der Waals surface area (Å²) >= 11 is 12.0. The summed E-state index contributed by atoms with van der Waals surface area (Å²) in [6.45, 7) is 1.01. The number of rotatable bonds is 12. The lowest BCUT2D eigenvalue weighted by Crippen LogP contribution is -2.21. The number of nitrogens with zero attached hydrogens (tertiary/aromatic N) is 1. The van der Waals surface area contributed by atoms with Crippen LogP contribution in [0.15, 0.2) is 42.5 Å². The lowest BCUT2D eigenvalue weighted by molar-refractivity contribution is -0.137. The topological polar surface area (TPSA) is 68.5 Å². The third-order valence-electron chi connectivity index (χ3n) is 5.85.